The maximum absolute atomic E-state index is 12.5. The molecular weight excluding hydrogens is 428 g/mol. The van der Waals surface area contributed by atoms with Crippen LogP contribution in [0.1, 0.15) is 5.69 Å². The minimum atomic E-state index is -0.0811. The summed E-state index contributed by atoms with van der Waals surface area (Å²) in [6.07, 6.45) is 9.32. The molecule has 4 aromatic heterocycles. The molecule has 1 aliphatic rings. The van der Waals surface area contributed by atoms with Crippen molar-refractivity contribution in [1.82, 2.24) is 34.6 Å². The van der Waals surface area contributed by atoms with Gasteiger partial charge in [-0.1, -0.05) is 17.7 Å². The summed E-state index contributed by atoms with van der Waals surface area (Å²) in [5.74, 6) is 0. The Hall–Kier alpha value is -3.59. The first-order valence-electron chi connectivity index (χ1n) is 10.4. The predicted octanol–water partition coefficient (Wildman–Crippen LogP) is 2.82. The van der Waals surface area contributed by atoms with Crippen molar-refractivity contribution in [2.24, 2.45) is 7.05 Å². The number of halogens is 1. The van der Waals surface area contributed by atoms with Gasteiger partial charge in [-0.25, -0.2) is 9.31 Å². The van der Waals surface area contributed by atoms with Gasteiger partial charge in [0.1, 0.15) is 0 Å². The van der Waals surface area contributed by atoms with Crippen LogP contribution in [0.4, 0.5) is 10.5 Å². The molecule has 0 radical (unpaired) electrons. The highest BCUT2D eigenvalue weighted by atomic mass is 35.5. The van der Waals surface area contributed by atoms with Gasteiger partial charge in [-0.05, 0) is 18.2 Å². The van der Waals surface area contributed by atoms with E-state index in [9.17, 15) is 4.79 Å². The number of aryl methyl sites for hydroxylation is 1. The lowest BCUT2D eigenvalue weighted by Crippen LogP contribution is -2.51. The highest BCUT2D eigenvalue weighted by Crippen LogP contribution is 2.26. The van der Waals surface area contributed by atoms with Crippen LogP contribution in [-0.2, 0) is 13.6 Å². The summed E-state index contributed by atoms with van der Waals surface area (Å²) in [6.45, 7) is 3.16. The van der Waals surface area contributed by atoms with Gasteiger partial charge >= 0.3 is 6.03 Å². The molecule has 0 aliphatic carbocycles. The molecular formula is C22H23ClN8O. The number of nitrogens with one attached hydrogen (secondary N) is 1. The fourth-order valence-corrected chi connectivity index (χ4v) is 4.01. The van der Waals surface area contributed by atoms with Gasteiger partial charge in [0.05, 0.1) is 40.9 Å². The number of fused-ring (bicyclic) bond motifs is 1. The maximum Gasteiger partial charge on any atom is 0.317 e. The fourth-order valence-electron chi connectivity index (χ4n) is 3.89. The number of piperazine rings is 1. The van der Waals surface area contributed by atoms with Crippen molar-refractivity contribution in [2.45, 2.75) is 6.54 Å². The molecule has 4 aromatic rings. The van der Waals surface area contributed by atoms with E-state index in [0.29, 0.717) is 24.7 Å². The average molecular weight is 451 g/mol. The van der Waals surface area contributed by atoms with Gasteiger partial charge in [-0.2, -0.15) is 10.2 Å². The van der Waals surface area contributed by atoms with Gasteiger partial charge in [0.15, 0.2) is 0 Å². The number of carbonyl (C=O) groups excluding carboxylic acids is 1. The molecule has 0 spiro atoms. The number of pyridine rings is 2. The monoisotopic (exact) mass is 450 g/mol. The van der Waals surface area contributed by atoms with Crippen molar-refractivity contribution >= 4 is 28.8 Å². The minimum Gasteiger partial charge on any atom is -0.365 e. The van der Waals surface area contributed by atoms with Gasteiger partial charge in [0.2, 0.25) is 0 Å². The van der Waals surface area contributed by atoms with Crippen molar-refractivity contribution < 1.29 is 4.79 Å². The molecule has 1 saturated heterocycles. The Morgan fingerprint density at radius 2 is 1.84 bits per heavy atom. The summed E-state index contributed by atoms with van der Waals surface area (Å²) >= 11 is 5.85. The number of urea groups is 1. The Kier molecular flexibility index (Phi) is 5.40. The first kappa shape index (κ1) is 20.3. The second kappa shape index (κ2) is 8.51. The molecule has 10 heteroatoms. The van der Waals surface area contributed by atoms with Gasteiger partial charge < -0.3 is 15.1 Å². The average Bonchev–Trinajstić information content (AvgIpc) is 3.44. The lowest BCUT2D eigenvalue weighted by molar-refractivity contribution is 0.194. The Labute approximate surface area is 190 Å². The van der Waals surface area contributed by atoms with E-state index in [2.05, 4.69) is 37.5 Å². The zero-order chi connectivity index (χ0) is 22.1. The Morgan fingerprint density at radius 1 is 1.00 bits per heavy atom. The predicted molar refractivity (Wildman–Crippen MR) is 123 cm³/mol. The third-order valence-electron chi connectivity index (χ3n) is 5.65. The summed E-state index contributed by atoms with van der Waals surface area (Å²) in [5, 5.41) is 12.3. The number of carbonyl (C=O) groups is 1. The normalized spacial score (nSPS) is 14.2. The number of aromatic nitrogens is 5. The summed E-state index contributed by atoms with van der Waals surface area (Å²) < 4.78 is 3.69. The highest BCUT2D eigenvalue weighted by Gasteiger charge is 2.23. The number of hydrogen-bond donors (Lipinski definition) is 1. The molecule has 0 bridgehead atoms. The topological polar surface area (TPSA) is 83.6 Å². The van der Waals surface area contributed by atoms with Crippen LogP contribution in [-0.4, -0.2) is 61.5 Å². The Balaban J connectivity index is 1.21. The van der Waals surface area contributed by atoms with Crippen molar-refractivity contribution in [2.75, 3.05) is 31.1 Å². The van der Waals surface area contributed by atoms with E-state index in [4.69, 9.17) is 11.6 Å². The standard InChI is InChI=1S/C22H23ClN8O/c1-28-14-17(10-26-28)16-2-5-20-21(13-27-31(20)15-16)29-6-8-30(9-7-29)22(32)25-12-19-4-3-18(23)11-24-19/h2-5,10-11,13-15H,6-9,12H2,1H3,(H,25,32). The second-order valence-electron chi connectivity index (χ2n) is 7.78. The van der Waals surface area contributed by atoms with Crippen molar-refractivity contribution in [3.63, 3.8) is 0 Å². The zero-order valence-electron chi connectivity index (χ0n) is 17.6. The van der Waals surface area contributed by atoms with Crippen LogP contribution in [0.25, 0.3) is 16.6 Å². The zero-order valence-corrected chi connectivity index (χ0v) is 18.4. The maximum atomic E-state index is 12.5. The molecule has 9 nitrogen and oxygen atoms in total. The lowest BCUT2D eigenvalue weighted by atomic mass is 10.1. The Bertz CT molecular complexity index is 1240. The van der Waals surface area contributed by atoms with Crippen LogP contribution in [0.15, 0.2) is 55.2 Å². The molecule has 32 heavy (non-hydrogen) atoms. The van der Waals surface area contributed by atoms with Crippen molar-refractivity contribution in [3.05, 3.63) is 66.0 Å². The highest BCUT2D eigenvalue weighted by molar-refractivity contribution is 6.30. The Morgan fingerprint density at radius 3 is 2.56 bits per heavy atom. The van der Waals surface area contributed by atoms with E-state index in [1.54, 1.807) is 16.9 Å². The molecule has 0 aromatic carbocycles. The summed E-state index contributed by atoms with van der Waals surface area (Å²) in [6, 6.07) is 7.67. The van der Waals surface area contributed by atoms with E-state index in [0.717, 1.165) is 41.1 Å². The van der Waals surface area contributed by atoms with E-state index in [1.165, 1.54) is 0 Å². The fraction of sp³-hybridized carbons (Fsp3) is 0.273. The van der Waals surface area contributed by atoms with Gasteiger partial charge in [0, 0.05) is 62.9 Å². The van der Waals surface area contributed by atoms with E-state index >= 15 is 0 Å². The van der Waals surface area contributed by atoms with Crippen LogP contribution in [0.5, 0.6) is 0 Å². The first-order chi connectivity index (χ1) is 15.6. The van der Waals surface area contributed by atoms with E-state index in [-0.39, 0.29) is 6.03 Å². The van der Waals surface area contributed by atoms with Gasteiger partial charge in [0.25, 0.3) is 0 Å². The summed E-state index contributed by atoms with van der Waals surface area (Å²) in [7, 11) is 1.91. The van der Waals surface area contributed by atoms with Gasteiger partial charge in [-0.3, -0.25) is 9.67 Å². The van der Waals surface area contributed by atoms with Crippen molar-refractivity contribution in [1.29, 1.82) is 0 Å². The second-order valence-corrected chi connectivity index (χ2v) is 8.22. The quantitative estimate of drug-likeness (QED) is 0.517. The number of nitrogens with zero attached hydrogens (tertiary/aromatic N) is 7. The number of rotatable bonds is 4. The molecule has 1 aliphatic heterocycles. The summed E-state index contributed by atoms with van der Waals surface area (Å²) in [4.78, 5) is 20.9. The third-order valence-corrected chi connectivity index (χ3v) is 5.87. The third kappa shape index (κ3) is 4.11. The molecule has 1 fully saturated rings. The molecule has 5 heterocycles. The van der Waals surface area contributed by atoms with Gasteiger partial charge in [-0.15, -0.1) is 0 Å². The SMILES string of the molecule is Cn1cc(-c2ccc3c(N4CCN(C(=O)NCc5ccc(Cl)cn5)CC4)cnn3c2)cn1. The van der Waals surface area contributed by atoms with E-state index in [1.807, 2.05) is 47.3 Å². The summed E-state index contributed by atoms with van der Waals surface area (Å²) in [5.41, 5.74) is 5.02. The van der Waals surface area contributed by atoms with Crippen LogP contribution in [0, 0.1) is 0 Å². The molecule has 1 N–H and O–H groups in total. The largest absolute Gasteiger partial charge is 0.365 e. The molecule has 0 saturated carbocycles. The minimum absolute atomic E-state index is 0.0811. The van der Waals surface area contributed by atoms with Crippen LogP contribution >= 0.6 is 11.6 Å². The van der Waals surface area contributed by atoms with Crippen molar-refractivity contribution in [3.8, 4) is 11.1 Å². The molecule has 2 amide bonds. The van der Waals surface area contributed by atoms with Crippen LogP contribution in [0.2, 0.25) is 5.02 Å². The molecule has 0 unspecified atom stereocenters. The number of anilines is 1. The number of amides is 2. The van der Waals surface area contributed by atoms with E-state index < -0.39 is 0 Å². The molecule has 164 valence electrons. The molecule has 5 rings (SSSR count). The lowest BCUT2D eigenvalue weighted by Gasteiger charge is -2.35. The number of hydrogen-bond acceptors (Lipinski definition) is 5. The first-order valence-corrected chi connectivity index (χ1v) is 10.8. The van der Waals surface area contributed by atoms with Crippen LogP contribution in [0.3, 0.4) is 0 Å². The molecule has 0 atom stereocenters. The smallest absolute Gasteiger partial charge is 0.317 e. The van der Waals surface area contributed by atoms with Crippen LogP contribution < -0.4 is 10.2 Å².